The van der Waals surface area contributed by atoms with Gasteiger partial charge in [-0.05, 0) is 32.4 Å². The zero-order chi connectivity index (χ0) is 10.3. The number of nitrogens with zero attached hydrogens (tertiary/aromatic N) is 2. The highest BCUT2D eigenvalue weighted by Crippen LogP contribution is 2.04. The van der Waals surface area contributed by atoms with Crippen LogP contribution in [-0.4, -0.2) is 16.2 Å². The van der Waals surface area contributed by atoms with Gasteiger partial charge in [0.05, 0.1) is 6.20 Å². The van der Waals surface area contributed by atoms with Crippen molar-refractivity contribution in [1.29, 1.82) is 0 Å². The molecule has 1 rings (SSSR count). The third kappa shape index (κ3) is 5.17. The number of rotatable bonds is 2. The lowest BCUT2D eigenvalue weighted by atomic mass is 10.3. The van der Waals surface area contributed by atoms with Gasteiger partial charge in [0.1, 0.15) is 5.82 Å². The van der Waals surface area contributed by atoms with Crippen molar-refractivity contribution in [3.8, 4) is 0 Å². The molecule has 0 fully saturated rings. The van der Waals surface area contributed by atoms with Gasteiger partial charge in [-0.15, -0.1) is 5.10 Å². The van der Waals surface area contributed by atoms with Gasteiger partial charge in [-0.2, -0.15) is 5.10 Å². The highest BCUT2D eigenvalue weighted by atomic mass is 15.2. The fourth-order valence-corrected chi connectivity index (χ4v) is 0.830. The molecule has 0 aliphatic carbocycles. The second kappa shape index (κ2) is 6.40. The van der Waals surface area contributed by atoms with Crippen LogP contribution in [-0.2, 0) is 0 Å². The van der Waals surface area contributed by atoms with Crippen molar-refractivity contribution in [3.05, 3.63) is 17.8 Å². The maximum absolute atomic E-state index is 3.92. The normalized spacial score (nSPS) is 9.08. The quantitative estimate of drug-likeness (QED) is 0.762. The van der Waals surface area contributed by atoms with Crippen molar-refractivity contribution in [3.63, 3.8) is 0 Å². The van der Waals surface area contributed by atoms with Gasteiger partial charge in [-0.3, -0.25) is 0 Å². The van der Waals surface area contributed by atoms with Crippen LogP contribution in [0.4, 0.5) is 5.82 Å². The first-order valence-electron chi connectivity index (χ1n) is 4.74. The second-order valence-corrected chi connectivity index (χ2v) is 2.92. The molecule has 0 aliphatic rings. The van der Waals surface area contributed by atoms with E-state index in [0.29, 0.717) is 6.04 Å². The Balaban J connectivity index is 0.000000671. The summed E-state index contributed by atoms with van der Waals surface area (Å²) in [6, 6.07) is 2.39. The van der Waals surface area contributed by atoms with Crippen molar-refractivity contribution in [2.75, 3.05) is 5.32 Å². The number of hydrogen-bond acceptors (Lipinski definition) is 3. The summed E-state index contributed by atoms with van der Waals surface area (Å²) >= 11 is 0. The van der Waals surface area contributed by atoms with E-state index in [1.165, 1.54) is 0 Å². The molecular weight excluding hydrogens is 162 g/mol. The predicted molar refractivity (Wildman–Crippen MR) is 56.9 cm³/mol. The monoisotopic (exact) mass is 181 g/mol. The second-order valence-electron chi connectivity index (χ2n) is 2.92. The van der Waals surface area contributed by atoms with Crippen LogP contribution in [0.15, 0.2) is 12.3 Å². The first kappa shape index (κ1) is 11.9. The van der Waals surface area contributed by atoms with E-state index in [1.54, 1.807) is 6.20 Å². The number of hydrogen-bond donors (Lipinski definition) is 1. The molecule has 74 valence electrons. The number of aromatic nitrogens is 2. The molecule has 0 aliphatic heterocycles. The molecule has 0 aromatic carbocycles. The average Bonchev–Trinajstić information content (AvgIpc) is 2.06. The molecular formula is C10H19N3. The highest BCUT2D eigenvalue weighted by molar-refractivity contribution is 5.35. The van der Waals surface area contributed by atoms with E-state index < -0.39 is 0 Å². The molecule has 0 bridgehead atoms. The fraction of sp³-hybridized carbons (Fsp3) is 0.600. The maximum Gasteiger partial charge on any atom is 0.149 e. The molecule has 3 heteroatoms. The number of nitrogens with one attached hydrogen (secondary N) is 1. The summed E-state index contributed by atoms with van der Waals surface area (Å²) in [5.41, 5.74) is 1.13. The lowest BCUT2D eigenvalue weighted by Crippen LogP contribution is -2.11. The van der Waals surface area contributed by atoms with Crippen LogP contribution in [0.2, 0.25) is 0 Å². The molecule has 0 unspecified atom stereocenters. The van der Waals surface area contributed by atoms with Gasteiger partial charge in [0.2, 0.25) is 0 Å². The fourth-order valence-electron chi connectivity index (χ4n) is 0.830. The van der Waals surface area contributed by atoms with Crippen molar-refractivity contribution in [1.82, 2.24) is 10.2 Å². The van der Waals surface area contributed by atoms with Crippen LogP contribution >= 0.6 is 0 Å². The van der Waals surface area contributed by atoms with E-state index in [4.69, 9.17) is 0 Å². The minimum absolute atomic E-state index is 0.408. The molecule has 1 aromatic heterocycles. The van der Waals surface area contributed by atoms with Gasteiger partial charge < -0.3 is 5.32 Å². The molecule has 0 radical (unpaired) electrons. The summed E-state index contributed by atoms with van der Waals surface area (Å²) < 4.78 is 0. The zero-order valence-corrected chi connectivity index (χ0v) is 9.13. The SMILES string of the molecule is CC.Cc1cnnc(NC(C)C)c1. The van der Waals surface area contributed by atoms with E-state index in [0.717, 1.165) is 11.4 Å². The minimum atomic E-state index is 0.408. The minimum Gasteiger partial charge on any atom is -0.366 e. The van der Waals surface area contributed by atoms with Gasteiger partial charge in [0, 0.05) is 6.04 Å². The Kier molecular flexibility index (Phi) is 5.85. The Labute approximate surface area is 80.6 Å². The molecule has 13 heavy (non-hydrogen) atoms. The molecule has 1 N–H and O–H groups in total. The van der Waals surface area contributed by atoms with Crippen molar-refractivity contribution < 1.29 is 0 Å². The van der Waals surface area contributed by atoms with Crippen LogP contribution in [0, 0.1) is 6.92 Å². The molecule has 0 amide bonds. The van der Waals surface area contributed by atoms with E-state index in [9.17, 15) is 0 Å². The van der Waals surface area contributed by atoms with Gasteiger partial charge in [0.15, 0.2) is 0 Å². The van der Waals surface area contributed by atoms with Crippen LogP contribution in [0.5, 0.6) is 0 Å². The summed E-state index contributed by atoms with van der Waals surface area (Å²) in [4.78, 5) is 0. The van der Waals surface area contributed by atoms with Crippen LogP contribution in [0.1, 0.15) is 33.3 Å². The number of anilines is 1. The molecule has 0 saturated carbocycles. The molecule has 0 atom stereocenters. The Hall–Kier alpha value is -1.12. The standard InChI is InChI=1S/C8H13N3.C2H6/c1-6(2)10-8-4-7(3)5-9-11-8;1-2/h4-6H,1-3H3,(H,10,11);1-2H3. The van der Waals surface area contributed by atoms with Gasteiger partial charge in [-0.25, -0.2) is 0 Å². The van der Waals surface area contributed by atoms with Crippen LogP contribution in [0.3, 0.4) is 0 Å². The van der Waals surface area contributed by atoms with E-state index >= 15 is 0 Å². The lowest BCUT2D eigenvalue weighted by molar-refractivity contribution is 0.871. The molecule has 1 aromatic rings. The summed E-state index contributed by atoms with van der Waals surface area (Å²) in [5, 5.41) is 10.9. The largest absolute Gasteiger partial charge is 0.366 e. The third-order valence-electron chi connectivity index (χ3n) is 1.23. The summed E-state index contributed by atoms with van der Waals surface area (Å²) in [5.74, 6) is 0.847. The third-order valence-corrected chi connectivity index (χ3v) is 1.23. The summed E-state index contributed by atoms with van der Waals surface area (Å²) in [6.45, 7) is 10.1. The van der Waals surface area contributed by atoms with Crippen molar-refractivity contribution in [2.45, 2.75) is 40.7 Å². The molecule has 1 heterocycles. The number of aryl methyl sites for hydroxylation is 1. The Morgan fingerprint density at radius 2 is 1.92 bits per heavy atom. The Morgan fingerprint density at radius 1 is 1.31 bits per heavy atom. The lowest BCUT2D eigenvalue weighted by Gasteiger charge is -2.07. The summed E-state index contributed by atoms with van der Waals surface area (Å²) in [6.07, 6.45) is 1.74. The molecule has 3 nitrogen and oxygen atoms in total. The Morgan fingerprint density at radius 3 is 2.38 bits per heavy atom. The highest BCUT2D eigenvalue weighted by Gasteiger charge is 1.95. The van der Waals surface area contributed by atoms with Gasteiger partial charge in [-0.1, -0.05) is 13.8 Å². The topological polar surface area (TPSA) is 37.8 Å². The van der Waals surface area contributed by atoms with Crippen molar-refractivity contribution in [2.24, 2.45) is 0 Å². The van der Waals surface area contributed by atoms with Gasteiger partial charge >= 0.3 is 0 Å². The maximum atomic E-state index is 3.92. The van der Waals surface area contributed by atoms with Crippen LogP contribution < -0.4 is 5.32 Å². The van der Waals surface area contributed by atoms with Gasteiger partial charge in [0.25, 0.3) is 0 Å². The smallest absolute Gasteiger partial charge is 0.149 e. The first-order valence-corrected chi connectivity index (χ1v) is 4.74. The van der Waals surface area contributed by atoms with E-state index in [1.807, 2.05) is 26.8 Å². The van der Waals surface area contributed by atoms with E-state index in [-0.39, 0.29) is 0 Å². The van der Waals surface area contributed by atoms with Crippen LogP contribution in [0.25, 0.3) is 0 Å². The summed E-state index contributed by atoms with van der Waals surface area (Å²) in [7, 11) is 0. The average molecular weight is 181 g/mol. The van der Waals surface area contributed by atoms with Crippen molar-refractivity contribution >= 4 is 5.82 Å². The molecule has 0 spiro atoms. The Bertz CT molecular complexity index is 233. The predicted octanol–water partition coefficient (Wildman–Crippen LogP) is 2.63. The zero-order valence-electron chi connectivity index (χ0n) is 9.13. The molecule has 0 saturated heterocycles. The van der Waals surface area contributed by atoms with E-state index in [2.05, 4.69) is 29.4 Å². The first-order chi connectivity index (χ1) is 6.18.